The van der Waals surface area contributed by atoms with E-state index in [1.807, 2.05) is 12.1 Å². The molecule has 0 radical (unpaired) electrons. The molecule has 0 spiro atoms. The van der Waals surface area contributed by atoms with Gasteiger partial charge in [0.25, 0.3) is 10.0 Å². The standard InChI is InChI=1S/C13H17ClN4O2S/c1-15-8-11-9-16-18-13(11)21(19,20)17-7-6-10-2-4-12(14)5-3-10/h2-5,9,15,17H,6-8H2,1H3,(H,16,18). The number of benzene rings is 1. The first kappa shape index (κ1) is 16.0. The lowest BCUT2D eigenvalue weighted by atomic mass is 10.2. The first-order chi connectivity index (χ1) is 10.0. The summed E-state index contributed by atoms with van der Waals surface area (Å²) in [6.07, 6.45) is 2.09. The smallest absolute Gasteiger partial charge is 0.257 e. The summed E-state index contributed by atoms with van der Waals surface area (Å²) in [7, 11) is -1.83. The molecule has 1 aromatic carbocycles. The lowest BCUT2D eigenvalue weighted by molar-refractivity contribution is 0.575. The third kappa shape index (κ3) is 4.28. The van der Waals surface area contributed by atoms with Crippen molar-refractivity contribution in [3.05, 3.63) is 46.6 Å². The number of halogens is 1. The van der Waals surface area contributed by atoms with E-state index in [0.29, 0.717) is 30.1 Å². The highest BCUT2D eigenvalue weighted by atomic mass is 35.5. The van der Waals surface area contributed by atoms with Crippen LogP contribution in [0.1, 0.15) is 11.1 Å². The van der Waals surface area contributed by atoms with E-state index in [4.69, 9.17) is 11.6 Å². The van der Waals surface area contributed by atoms with Gasteiger partial charge in [-0.1, -0.05) is 23.7 Å². The Balaban J connectivity index is 1.98. The number of nitrogens with zero attached hydrogens (tertiary/aromatic N) is 1. The van der Waals surface area contributed by atoms with Crippen molar-refractivity contribution in [1.82, 2.24) is 20.2 Å². The minimum atomic E-state index is -3.58. The second-order valence-electron chi connectivity index (χ2n) is 4.53. The zero-order valence-electron chi connectivity index (χ0n) is 11.6. The van der Waals surface area contributed by atoms with E-state index < -0.39 is 10.0 Å². The molecule has 2 rings (SSSR count). The fourth-order valence-corrected chi connectivity index (χ4v) is 3.19. The van der Waals surface area contributed by atoms with E-state index in [1.165, 1.54) is 6.20 Å². The van der Waals surface area contributed by atoms with Crippen molar-refractivity contribution in [3.63, 3.8) is 0 Å². The molecular weight excluding hydrogens is 312 g/mol. The summed E-state index contributed by atoms with van der Waals surface area (Å²) in [4.78, 5) is 0. The van der Waals surface area contributed by atoms with Crippen LogP contribution < -0.4 is 10.0 Å². The summed E-state index contributed by atoms with van der Waals surface area (Å²) in [6.45, 7) is 0.742. The van der Waals surface area contributed by atoms with Crippen LogP contribution in [0.15, 0.2) is 35.5 Å². The third-order valence-corrected chi connectivity index (χ3v) is 4.66. The molecule has 2 aromatic rings. The van der Waals surface area contributed by atoms with E-state index in [2.05, 4.69) is 20.2 Å². The minimum absolute atomic E-state index is 0.105. The lowest BCUT2D eigenvalue weighted by Gasteiger charge is -2.07. The van der Waals surface area contributed by atoms with Crippen molar-refractivity contribution in [3.8, 4) is 0 Å². The van der Waals surface area contributed by atoms with Gasteiger partial charge in [-0.15, -0.1) is 0 Å². The quantitative estimate of drug-likeness (QED) is 0.715. The number of aromatic amines is 1. The van der Waals surface area contributed by atoms with Crippen molar-refractivity contribution in [2.24, 2.45) is 0 Å². The van der Waals surface area contributed by atoms with Crippen molar-refractivity contribution < 1.29 is 8.42 Å². The number of hydrogen-bond acceptors (Lipinski definition) is 4. The highest BCUT2D eigenvalue weighted by Crippen LogP contribution is 2.12. The van der Waals surface area contributed by atoms with Crippen LogP contribution in [0.5, 0.6) is 0 Å². The summed E-state index contributed by atoms with van der Waals surface area (Å²) < 4.78 is 27.0. The van der Waals surface area contributed by atoms with Crippen molar-refractivity contribution >= 4 is 21.6 Å². The first-order valence-electron chi connectivity index (χ1n) is 6.44. The molecule has 3 N–H and O–H groups in total. The molecule has 8 heteroatoms. The number of rotatable bonds is 7. The average molecular weight is 329 g/mol. The van der Waals surface area contributed by atoms with Crippen LogP contribution in [0, 0.1) is 0 Å². The Morgan fingerprint density at radius 1 is 1.29 bits per heavy atom. The number of H-pyrrole nitrogens is 1. The Bertz CT molecular complexity index is 682. The topological polar surface area (TPSA) is 86.9 Å². The molecule has 0 bridgehead atoms. The van der Waals surface area contributed by atoms with Gasteiger partial charge in [-0.05, 0) is 31.2 Å². The molecule has 0 aliphatic heterocycles. The van der Waals surface area contributed by atoms with Gasteiger partial charge in [-0.2, -0.15) is 5.10 Å². The molecule has 0 fully saturated rings. The fourth-order valence-electron chi connectivity index (χ4n) is 1.90. The summed E-state index contributed by atoms with van der Waals surface area (Å²) in [5, 5.41) is 9.98. The van der Waals surface area contributed by atoms with Crippen LogP contribution in [-0.2, 0) is 23.0 Å². The molecule has 1 aromatic heterocycles. The Kier molecular flexibility index (Phi) is 5.35. The molecule has 0 aliphatic rings. The molecule has 0 atom stereocenters. The highest BCUT2D eigenvalue weighted by Gasteiger charge is 2.19. The monoisotopic (exact) mass is 328 g/mol. The SMILES string of the molecule is CNCc1cn[nH]c1S(=O)(=O)NCCc1ccc(Cl)cc1. The molecule has 114 valence electrons. The number of nitrogens with one attached hydrogen (secondary N) is 3. The fraction of sp³-hybridized carbons (Fsp3) is 0.308. The van der Waals surface area contributed by atoms with Crippen LogP contribution >= 0.6 is 11.6 Å². The second kappa shape index (κ2) is 7.04. The summed E-state index contributed by atoms with van der Waals surface area (Å²) in [5.41, 5.74) is 1.62. The van der Waals surface area contributed by atoms with E-state index in [9.17, 15) is 8.42 Å². The van der Waals surface area contributed by atoms with Gasteiger partial charge < -0.3 is 5.32 Å². The van der Waals surface area contributed by atoms with Crippen molar-refractivity contribution in [2.75, 3.05) is 13.6 Å². The van der Waals surface area contributed by atoms with E-state index in [0.717, 1.165) is 5.56 Å². The summed E-state index contributed by atoms with van der Waals surface area (Å²) in [6, 6.07) is 7.31. The van der Waals surface area contributed by atoms with E-state index in [-0.39, 0.29) is 5.03 Å². The molecule has 21 heavy (non-hydrogen) atoms. The highest BCUT2D eigenvalue weighted by molar-refractivity contribution is 7.89. The van der Waals surface area contributed by atoms with Gasteiger partial charge in [-0.25, -0.2) is 13.1 Å². The summed E-state index contributed by atoms with van der Waals surface area (Å²) >= 11 is 5.80. The van der Waals surface area contributed by atoms with Gasteiger partial charge in [0.1, 0.15) is 0 Å². The number of sulfonamides is 1. The maximum Gasteiger partial charge on any atom is 0.257 e. The number of hydrogen-bond donors (Lipinski definition) is 3. The van der Waals surface area contributed by atoms with E-state index in [1.54, 1.807) is 19.2 Å². The second-order valence-corrected chi connectivity index (χ2v) is 6.67. The molecule has 1 heterocycles. The van der Waals surface area contributed by atoms with Gasteiger partial charge in [0.05, 0.1) is 6.20 Å². The van der Waals surface area contributed by atoms with Crippen LogP contribution in [-0.4, -0.2) is 32.2 Å². The normalized spacial score (nSPS) is 11.7. The van der Waals surface area contributed by atoms with Crippen molar-refractivity contribution in [2.45, 2.75) is 18.0 Å². The first-order valence-corrected chi connectivity index (χ1v) is 8.30. The van der Waals surface area contributed by atoms with Crippen molar-refractivity contribution in [1.29, 1.82) is 0 Å². The maximum absolute atomic E-state index is 12.2. The van der Waals surface area contributed by atoms with Gasteiger partial charge in [0.2, 0.25) is 0 Å². The Morgan fingerprint density at radius 3 is 2.67 bits per heavy atom. The lowest BCUT2D eigenvalue weighted by Crippen LogP contribution is -2.27. The molecule has 0 aliphatic carbocycles. The third-order valence-electron chi connectivity index (χ3n) is 2.93. The van der Waals surface area contributed by atoms with Crippen LogP contribution in [0.4, 0.5) is 0 Å². The van der Waals surface area contributed by atoms with Gasteiger partial charge in [0, 0.05) is 23.7 Å². The Morgan fingerprint density at radius 2 is 2.00 bits per heavy atom. The zero-order valence-corrected chi connectivity index (χ0v) is 13.1. The zero-order chi connectivity index (χ0) is 15.3. The minimum Gasteiger partial charge on any atom is -0.316 e. The molecule has 0 unspecified atom stereocenters. The van der Waals surface area contributed by atoms with Gasteiger partial charge >= 0.3 is 0 Å². The molecule has 6 nitrogen and oxygen atoms in total. The van der Waals surface area contributed by atoms with Crippen LogP contribution in [0.2, 0.25) is 5.02 Å². The number of aromatic nitrogens is 2. The largest absolute Gasteiger partial charge is 0.316 e. The van der Waals surface area contributed by atoms with Crippen LogP contribution in [0.25, 0.3) is 0 Å². The van der Waals surface area contributed by atoms with E-state index >= 15 is 0 Å². The van der Waals surface area contributed by atoms with Gasteiger partial charge in [0.15, 0.2) is 5.03 Å². The predicted molar refractivity (Wildman–Crippen MR) is 81.7 cm³/mol. The summed E-state index contributed by atoms with van der Waals surface area (Å²) in [5.74, 6) is 0. The Labute approximate surface area is 129 Å². The maximum atomic E-state index is 12.2. The molecule has 0 saturated heterocycles. The molecule has 0 amide bonds. The Hall–Kier alpha value is -1.41. The van der Waals surface area contributed by atoms with Crippen LogP contribution in [0.3, 0.4) is 0 Å². The molecule has 0 saturated carbocycles. The van der Waals surface area contributed by atoms with Gasteiger partial charge in [-0.3, -0.25) is 5.10 Å². The average Bonchev–Trinajstić information content (AvgIpc) is 2.90. The predicted octanol–water partition coefficient (Wildman–Crippen LogP) is 1.30. The molecular formula is C13H17ClN4O2S.